The molecule has 0 radical (unpaired) electrons. The molecule has 0 unspecified atom stereocenters. The van der Waals surface area contributed by atoms with E-state index in [2.05, 4.69) is 16.3 Å². The third-order valence-electron chi connectivity index (χ3n) is 4.85. The van der Waals surface area contributed by atoms with Gasteiger partial charge in [0.05, 0.1) is 39.0 Å². The first-order chi connectivity index (χ1) is 12.6. The van der Waals surface area contributed by atoms with Gasteiger partial charge >= 0.3 is 0 Å². The highest BCUT2D eigenvalue weighted by Crippen LogP contribution is 2.27. The van der Waals surface area contributed by atoms with Crippen molar-refractivity contribution >= 4 is 28.9 Å². The number of para-hydroxylation sites is 2. The fraction of sp³-hybridized carbons (Fsp3) is 0.350. The minimum absolute atomic E-state index is 0.0242. The summed E-state index contributed by atoms with van der Waals surface area (Å²) in [5.74, 6) is 0.918. The molecule has 0 aliphatic carbocycles. The van der Waals surface area contributed by atoms with Gasteiger partial charge < -0.3 is 19.9 Å². The summed E-state index contributed by atoms with van der Waals surface area (Å²) in [6.45, 7) is 6.01. The highest BCUT2D eigenvalue weighted by Gasteiger charge is 2.24. The molecule has 3 rings (SSSR count). The highest BCUT2D eigenvalue weighted by molar-refractivity contribution is 6.31. The minimum Gasteiger partial charge on any atom is -0.495 e. The fourth-order valence-electron chi connectivity index (χ4n) is 3.30. The molecule has 138 valence electrons. The second kappa shape index (κ2) is 8.43. The van der Waals surface area contributed by atoms with E-state index in [1.165, 1.54) is 4.90 Å². The van der Waals surface area contributed by atoms with Gasteiger partial charge in [-0.1, -0.05) is 29.8 Å². The molecule has 0 atom stereocenters. The van der Waals surface area contributed by atoms with Crippen LogP contribution in [0.25, 0.3) is 0 Å². The molecule has 1 aliphatic heterocycles. The molecule has 0 bridgehead atoms. The number of halogens is 1. The van der Waals surface area contributed by atoms with E-state index in [0.717, 1.165) is 48.9 Å². The van der Waals surface area contributed by atoms with Gasteiger partial charge in [0.2, 0.25) is 0 Å². The van der Waals surface area contributed by atoms with Crippen LogP contribution in [0.4, 0.5) is 11.4 Å². The number of nitrogens with one attached hydrogen (secondary N) is 2. The van der Waals surface area contributed by atoms with Crippen LogP contribution in [-0.2, 0) is 4.79 Å². The molecule has 1 aliphatic rings. The Morgan fingerprint density at radius 2 is 1.92 bits per heavy atom. The van der Waals surface area contributed by atoms with Crippen molar-refractivity contribution in [2.24, 2.45) is 0 Å². The SMILES string of the molecule is COc1ccccc1N1CC[NH+](CC(=O)Nc2cccc(Cl)c2C)CC1. The number of piperazine rings is 1. The summed E-state index contributed by atoms with van der Waals surface area (Å²) in [7, 11) is 1.70. The lowest BCUT2D eigenvalue weighted by Gasteiger charge is -2.34. The molecular weight excluding hydrogens is 350 g/mol. The number of hydrogen-bond acceptors (Lipinski definition) is 3. The first kappa shape index (κ1) is 18.5. The lowest BCUT2D eigenvalue weighted by molar-refractivity contribution is -0.892. The molecule has 0 aromatic heterocycles. The number of methoxy groups -OCH3 is 1. The number of carbonyl (C=O) groups excluding carboxylic acids is 1. The Kier molecular flexibility index (Phi) is 6.01. The average molecular weight is 375 g/mol. The average Bonchev–Trinajstić information content (AvgIpc) is 2.66. The van der Waals surface area contributed by atoms with Gasteiger partial charge in [0, 0.05) is 10.7 Å². The molecule has 2 aromatic rings. The monoisotopic (exact) mass is 374 g/mol. The molecule has 2 N–H and O–H groups in total. The molecular formula is C20H25ClN3O2+. The predicted molar refractivity (Wildman–Crippen MR) is 106 cm³/mol. The van der Waals surface area contributed by atoms with Gasteiger partial charge in [-0.2, -0.15) is 0 Å². The van der Waals surface area contributed by atoms with Crippen molar-refractivity contribution in [3.8, 4) is 5.75 Å². The first-order valence-corrected chi connectivity index (χ1v) is 9.23. The number of amides is 1. The molecule has 2 aromatic carbocycles. The zero-order valence-electron chi connectivity index (χ0n) is 15.2. The second-order valence-electron chi connectivity index (χ2n) is 6.55. The number of carbonyl (C=O) groups is 1. The Morgan fingerprint density at radius 1 is 1.19 bits per heavy atom. The van der Waals surface area contributed by atoms with Crippen LogP contribution in [0.15, 0.2) is 42.5 Å². The van der Waals surface area contributed by atoms with Crippen LogP contribution in [0, 0.1) is 6.92 Å². The molecule has 26 heavy (non-hydrogen) atoms. The van der Waals surface area contributed by atoms with Crippen LogP contribution in [-0.4, -0.2) is 45.7 Å². The quantitative estimate of drug-likeness (QED) is 0.841. The minimum atomic E-state index is 0.0242. The van der Waals surface area contributed by atoms with Gasteiger partial charge in [0.1, 0.15) is 5.75 Å². The molecule has 0 saturated carbocycles. The molecule has 1 amide bonds. The third-order valence-corrected chi connectivity index (χ3v) is 5.26. The topological polar surface area (TPSA) is 46.0 Å². The fourth-order valence-corrected chi connectivity index (χ4v) is 3.47. The van der Waals surface area contributed by atoms with Gasteiger partial charge in [-0.25, -0.2) is 0 Å². The number of rotatable bonds is 5. The van der Waals surface area contributed by atoms with E-state index < -0.39 is 0 Å². The Balaban J connectivity index is 1.54. The standard InChI is InChI=1S/C20H24ClN3O2/c1-15-16(21)6-5-7-17(15)22-20(25)14-23-10-12-24(13-11-23)18-8-3-4-9-19(18)26-2/h3-9H,10-14H2,1-2H3,(H,22,25)/p+1. The number of nitrogens with zero attached hydrogens (tertiary/aromatic N) is 1. The van der Waals surface area contributed by atoms with E-state index in [9.17, 15) is 4.79 Å². The Hall–Kier alpha value is -2.24. The largest absolute Gasteiger partial charge is 0.495 e. The number of benzene rings is 2. The van der Waals surface area contributed by atoms with E-state index in [4.69, 9.17) is 16.3 Å². The molecule has 0 spiro atoms. The van der Waals surface area contributed by atoms with Crippen LogP contribution in [0.5, 0.6) is 5.75 Å². The maximum atomic E-state index is 12.4. The normalized spacial score (nSPS) is 15.0. The maximum absolute atomic E-state index is 12.4. The number of quaternary nitrogens is 1. The zero-order chi connectivity index (χ0) is 18.5. The van der Waals surface area contributed by atoms with Crippen LogP contribution >= 0.6 is 11.6 Å². The van der Waals surface area contributed by atoms with E-state index >= 15 is 0 Å². The number of hydrogen-bond donors (Lipinski definition) is 2. The number of anilines is 2. The molecule has 5 nitrogen and oxygen atoms in total. The number of ether oxygens (including phenoxy) is 1. The Labute approximate surface area is 159 Å². The first-order valence-electron chi connectivity index (χ1n) is 8.85. The smallest absolute Gasteiger partial charge is 0.279 e. The van der Waals surface area contributed by atoms with Crippen molar-refractivity contribution < 1.29 is 14.4 Å². The van der Waals surface area contributed by atoms with Gasteiger partial charge in [-0.3, -0.25) is 4.79 Å². The Morgan fingerprint density at radius 3 is 2.65 bits per heavy atom. The highest BCUT2D eigenvalue weighted by atomic mass is 35.5. The third kappa shape index (κ3) is 4.29. The van der Waals surface area contributed by atoms with Crippen LogP contribution < -0.4 is 19.9 Å². The summed E-state index contributed by atoms with van der Waals surface area (Å²) in [6, 6.07) is 13.6. The lowest BCUT2D eigenvalue weighted by Crippen LogP contribution is -3.15. The van der Waals surface area contributed by atoms with Gasteiger partial charge in [0.15, 0.2) is 6.54 Å². The summed E-state index contributed by atoms with van der Waals surface area (Å²) in [4.78, 5) is 16.0. The second-order valence-corrected chi connectivity index (χ2v) is 6.95. The summed E-state index contributed by atoms with van der Waals surface area (Å²) in [5.41, 5.74) is 2.81. The molecule has 1 heterocycles. The molecule has 1 saturated heterocycles. The molecule has 1 fully saturated rings. The van der Waals surface area contributed by atoms with Gasteiger partial charge in [-0.05, 0) is 36.8 Å². The van der Waals surface area contributed by atoms with E-state index in [0.29, 0.717) is 11.6 Å². The van der Waals surface area contributed by atoms with Crippen molar-refractivity contribution in [2.75, 3.05) is 50.1 Å². The van der Waals surface area contributed by atoms with E-state index in [-0.39, 0.29) is 5.91 Å². The van der Waals surface area contributed by atoms with Crippen LogP contribution in [0.2, 0.25) is 5.02 Å². The zero-order valence-corrected chi connectivity index (χ0v) is 16.0. The summed E-state index contributed by atoms with van der Waals surface area (Å²) in [5, 5.41) is 3.65. The summed E-state index contributed by atoms with van der Waals surface area (Å²) < 4.78 is 5.45. The van der Waals surface area contributed by atoms with Crippen molar-refractivity contribution in [2.45, 2.75) is 6.92 Å². The van der Waals surface area contributed by atoms with Crippen LogP contribution in [0.3, 0.4) is 0 Å². The maximum Gasteiger partial charge on any atom is 0.279 e. The summed E-state index contributed by atoms with van der Waals surface area (Å²) >= 11 is 6.12. The lowest BCUT2D eigenvalue weighted by atomic mass is 10.2. The van der Waals surface area contributed by atoms with Gasteiger partial charge in [-0.15, -0.1) is 0 Å². The predicted octanol–water partition coefficient (Wildman–Crippen LogP) is 2.00. The molecule has 6 heteroatoms. The van der Waals surface area contributed by atoms with Crippen molar-refractivity contribution in [3.05, 3.63) is 53.1 Å². The summed E-state index contributed by atoms with van der Waals surface area (Å²) in [6.07, 6.45) is 0. The van der Waals surface area contributed by atoms with E-state index in [1.807, 2.05) is 43.3 Å². The van der Waals surface area contributed by atoms with Crippen molar-refractivity contribution in [1.29, 1.82) is 0 Å². The Bertz CT molecular complexity index is 773. The van der Waals surface area contributed by atoms with Crippen molar-refractivity contribution in [1.82, 2.24) is 0 Å². The van der Waals surface area contributed by atoms with Gasteiger partial charge in [0.25, 0.3) is 5.91 Å². The van der Waals surface area contributed by atoms with Crippen molar-refractivity contribution in [3.63, 3.8) is 0 Å². The van der Waals surface area contributed by atoms with E-state index in [1.54, 1.807) is 7.11 Å². The van der Waals surface area contributed by atoms with Crippen LogP contribution in [0.1, 0.15) is 5.56 Å².